The van der Waals surface area contributed by atoms with Gasteiger partial charge in [-0.2, -0.15) is 4.68 Å². The maximum Gasteiger partial charge on any atom is 0.197 e. The minimum Gasteiger partial charge on any atom is -0.192 e. The number of aryl methyl sites for hydroxylation is 1. The Bertz CT molecular complexity index is 610. The van der Waals surface area contributed by atoms with Gasteiger partial charge in [0.2, 0.25) is 0 Å². The van der Waals surface area contributed by atoms with Gasteiger partial charge in [-0.15, -0.1) is 16.4 Å². The first-order valence-corrected chi connectivity index (χ1v) is 6.12. The Labute approximate surface area is 103 Å². The van der Waals surface area contributed by atoms with Crippen molar-refractivity contribution in [3.63, 3.8) is 0 Å². The first kappa shape index (κ1) is 10.2. The van der Waals surface area contributed by atoms with Crippen molar-refractivity contribution in [2.75, 3.05) is 0 Å². The summed E-state index contributed by atoms with van der Waals surface area (Å²) in [5.41, 5.74) is 2.20. The smallest absolute Gasteiger partial charge is 0.192 e. The second-order valence-electron chi connectivity index (χ2n) is 3.73. The van der Waals surface area contributed by atoms with Gasteiger partial charge in [0.05, 0.1) is 10.6 Å². The van der Waals surface area contributed by atoms with Gasteiger partial charge >= 0.3 is 0 Å². The molecular weight excluding hydrogens is 232 g/mol. The Balaban J connectivity index is 2.10. The van der Waals surface area contributed by atoms with Crippen LogP contribution in [-0.2, 0) is 0 Å². The van der Waals surface area contributed by atoms with Gasteiger partial charge in [0.1, 0.15) is 0 Å². The van der Waals surface area contributed by atoms with E-state index in [1.54, 1.807) is 16.0 Å². The fourth-order valence-electron chi connectivity index (χ4n) is 1.61. The first-order valence-electron chi connectivity index (χ1n) is 5.24. The minimum absolute atomic E-state index is 0.781. The van der Waals surface area contributed by atoms with E-state index < -0.39 is 0 Å². The molecule has 0 atom stereocenters. The zero-order chi connectivity index (χ0) is 11.7. The molecule has 3 aromatic rings. The third-order valence-electron chi connectivity index (χ3n) is 2.49. The van der Waals surface area contributed by atoms with Crippen molar-refractivity contribution in [1.29, 1.82) is 0 Å². The molecule has 2 heterocycles. The predicted molar refractivity (Wildman–Crippen MR) is 67.2 cm³/mol. The van der Waals surface area contributed by atoms with Gasteiger partial charge in [-0.25, -0.2) is 0 Å². The van der Waals surface area contributed by atoms with Gasteiger partial charge in [-0.1, -0.05) is 23.8 Å². The van der Waals surface area contributed by atoms with Gasteiger partial charge in [0, 0.05) is 0 Å². The highest BCUT2D eigenvalue weighted by atomic mass is 32.1. The van der Waals surface area contributed by atoms with E-state index in [0.29, 0.717) is 0 Å². The molecule has 0 bridgehead atoms. The average Bonchev–Trinajstić information content (AvgIpc) is 3.00. The van der Waals surface area contributed by atoms with Crippen molar-refractivity contribution in [2.24, 2.45) is 0 Å². The van der Waals surface area contributed by atoms with E-state index in [1.165, 1.54) is 5.56 Å². The van der Waals surface area contributed by atoms with Crippen LogP contribution in [0, 0.1) is 6.92 Å². The predicted octanol–water partition coefficient (Wildman–Crippen LogP) is 2.70. The van der Waals surface area contributed by atoms with E-state index in [1.807, 2.05) is 29.6 Å². The van der Waals surface area contributed by atoms with Crippen molar-refractivity contribution in [3.05, 3.63) is 47.3 Å². The van der Waals surface area contributed by atoms with Gasteiger partial charge in [0.25, 0.3) is 0 Å². The average molecular weight is 242 g/mol. The molecule has 0 unspecified atom stereocenters. The van der Waals surface area contributed by atoms with E-state index in [2.05, 4.69) is 34.6 Å². The summed E-state index contributed by atoms with van der Waals surface area (Å²) in [6, 6.07) is 12.1. The second-order valence-corrected chi connectivity index (χ2v) is 4.67. The molecule has 0 aliphatic rings. The molecule has 0 saturated heterocycles. The van der Waals surface area contributed by atoms with Crippen LogP contribution in [0.2, 0.25) is 0 Å². The number of hydrogen-bond donors (Lipinski definition) is 0. The summed E-state index contributed by atoms with van der Waals surface area (Å²) >= 11 is 1.63. The Morgan fingerprint density at radius 1 is 1.12 bits per heavy atom. The van der Waals surface area contributed by atoms with E-state index in [-0.39, 0.29) is 0 Å². The molecule has 17 heavy (non-hydrogen) atoms. The van der Waals surface area contributed by atoms with Crippen molar-refractivity contribution in [1.82, 2.24) is 20.2 Å². The number of hydrogen-bond acceptors (Lipinski definition) is 4. The molecule has 0 spiro atoms. The Morgan fingerprint density at radius 3 is 2.65 bits per heavy atom. The number of thiophene rings is 1. The fourth-order valence-corrected chi connectivity index (χ4v) is 2.30. The largest absolute Gasteiger partial charge is 0.197 e. The SMILES string of the molecule is Cc1ccc(-n2nnnc2-c2cccs2)cc1. The summed E-state index contributed by atoms with van der Waals surface area (Å²) in [7, 11) is 0. The highest BCUT2D eigenvalue weighted by Gasteiger charge is 2.10. The Morgan fingerprint density at radius 2 is 1.94 bits per heavy atom. The summed E-state index contributed by atoms with van der Waals surface area (Å²) < 4.78 is 1.76. The normalized spacial score (nSPS) is 10.6. The van der Waals surface area contributed by atoms with Gasteiger partial charge in [-0.3, -0.25) is 0 Å². The molecule has 0 N–H and O–H groups in total. The molecule has 2 aromatic heterocycles. The van der Waals surface area contributed by atoms with Crippen LogP contribution in [-0.4, -0.2) is 20.2 Å². The van der Waals surface area contributed by atoms with Crippen LogP contribution in [0.1, 0.15) is 5.56 Å². The van der Waals surface area contributed by atoms with Gasteiger partial charge in [-0.05, 0) is 40.9 Å². The molecule has 0 fully saturated rings. The van der Waals surface area contributed by atoms with E-state index in [9.17, 15) is 0 Å². The maximum absolute atomic E-state index is 4.07. The lowest BCUT2D eigenvalue weighted by Gasteiger charge is -2.02. The molecule has 0 aliphatic carbocycles. The molecule has 3 rings (SSSR count). The van der Waals surface area contributed by atoms with Crippen molar-refractivity contribution in [3.8, 4) is 16.4 Å². The molecule has 1 aromatic carbocycles. The molecule has 0 saturated carbocycles. The van der Waals surface area contributed by atoms with E-state index in [0.717, 1.165) is 16.4 Å². The molecule has 4 nitrogen and oxygen atoms in total. The maximum atomic E-state index is 4.07. The summed E-state index contributed by atoms with van der Waals surface area (Å²) in [6.45, 7) is 2.06. The zero-order valence-electron chi connectivity index (χ0n) is 9.24. The minimum atomic E-state index is 0.781. The summed E-state index contributed by atoms with van der Waals surface area (Å²) in [4.78, 5) is 1.07. The topological polar surface area (TPSA) is 43.6 Å². The number of benzene rings is 1. The molecular formula is C12H10N4S. The highest BCUT2D eigenvalue weighted by Crippen LogP contribution is 2.23. The van der Waals surface area contributed by atoms with Crippen LogP contribution in [0.3, 0.4) is 0 Å². The lowest BCUT2D eigenvalue weighted by molar-refractivity contribution is 0.791. The lowest BCUT2D eigenvalue weighted by Crippen LogP contribution is -1.98. The zero-order valence-corrected chi connectivity index (χ0v) is 10.1. The quantitative estimate of drug-likeness (QED) is 0.694. The van der Waals surface area contributed by atoms with Gasteiger partial charge in [0.15, 0.2) is 5.82 Å². The van der Waals surface area contributed by atoms with Crippen molar-refractivity contribution < 1.29 is 0 Å². The standard InChI is InChI=1S/C12H10N4S/c1-9-4-6-10(7-5-9)16-12(13-14-15-16)11-3-2-8-17-11/h2-8H,1H3. The number of aromatic nitrogens is 4. The van der Waals surface area contributed by atoms with Crippen LogP contribution in [0.25, 0.3) is 16.4 Å². The molecule has 0 amide bonds. The van der Waals surface area contributed by atoms with Crippen molar-refractivity contribution in [2.45, 2.75) is 6.92 Å². The number of nitrogens with zero attached hydrogens (tertiary/aromatic N) is 4. The number of rotatable bonds is 2. The van der Waals surface area contributed by atoms with Crippen LogP contribution >= 0.6 is 11.3 Å². The molecule has 5 heteroatoms. The van der Waals surface area contributed by atoms with E-state index in [4.69, 9.17) is 0 Å². The fraction of sp³-hybridized carbons (Fsp3) is 0.0833. The molecule has 0 aliphatic heterocycles. The monoisotopic (exact) mass is 242 g/mol. The van der Waals surface area contributed by atoms with Crippen LogP contribution in [0.4, 0.5) is 0 Å². The molecule has 0 radical (unpaired) electrons. The van der Waals surface area contributed by atoms with Crippen molar-refractivity contribution >= 4 is 11.3 Å². The van der Waals surface area contributed by atoms with Gasteiger partial charge < -0.3 is 0 Å². The summed E-state index contributed by atoms with van der Waals surface area (Å²) in [5.74, 6) is 0.781. The van der Waals surface area contributed by atoms with Crippen LogP contribution in [0.15, 0.2) is 41.8 Å². The third-order valence-corrected chi connectivity index (χ3v) is 3.36. The lowest BCUT2D eigenvalue weighted by atomic mass is 10.2. The van der Waals surface area contributed by atoms with E-state index >= 15 is 0 Å². The summed E-state index contributed by atoms with van der Waals surface area (Å²) in [6.07, 6.45) is 0. The van der Waals surface area contributed by atoms with Crippen LogP contribution < -0.4 is 0 Å². The highest BCUT2D eigenvalue weighted by molar-refractivity contribution is 7.13. The summed E-state index contributed by atoms with van der Waals surface area (Å²) in [5, 5.41) is 13.9. The third kappa shape index (κ3) is 1.85. The first-order chi connectivity index (χ1) is 8.34. The van der Waals surface area contributed by atoms with Crippen LogP contribution in [0.5, 0.6) is 0 Å². The second kappa shape index (κ2) is 4.10. The number of tetrazole rings is 1. The Kier molecular flexibility index (Phi) is 2.45. The Hall–Kier alpha value is -2.01. The molecule has 84 valence electrons.